The molecule has 0 saturated carbocycles. The number of methoxy groups -OCH3 is 1. The van der Waals surface area contributed by atoms with Gasteiger partial charge >= 0.3 is 0 Å². The maximum Gasteiger partial charge on any atom is 0.216 e. The molecule has 2 heterocycles. The Morgan fingerprint density at radius 3 is 2.62 bits per heavy atom. The maximum absolute atomic E-state index is 12.2. The fourth-order valence-electron chi connectivity index (χ4n) is 2.94. The Hall–Kier alpha value is -0.860. The van der Waals surface area contributed by atoms with Gasteiger partial charge in [0.25, 0.3) is 0 Å². The number of aromatic nitrogens is 2. The molecule has 2 aromatic rings. The Balaban J connectivity index is 1.71. The first kappa shape index (κ1) is 17.9. The molecule has 1 aromatic heterocycles. The van der Waals surface area contributed by atoms with Crippen molar-refractivity contribution in [3.05, 3.63) is 28.0 Å². The van der Waals surface area contributed by atoms with Crippen LogP contribution in [0.5, 0.6) is 0 Å². The van der Waals surface area contributed by atoms with Crippen LogP contribution in [-0.4, -0.2) is 55.3 Å². The normalized spacial score (nSPS) is 17.6. The molecule has 1 saturated heterocycles. The molecule has 0 amide bonds. The molecule has 0 spiro atoms. The highest BCUT2D eigenvalue weighted by Crippen LogP contribution is 2.31. The molecule has 1 aliphatic heterocycles. The van der Waals surface area contributed by atoms with Crippen LogP contribution >= 0.6 is 23.2 Å². The van der Waals surface area contributed by atoms with E-state index in [0.717, 1.165) is 29.7 Å². The van der Waals surface area contributed by atoms with Gasteiger partial charge in [-0.3, -0.25) is 0 Å². The van der Waals surface area contributed by atoms with E-state index in [4.69, 9.17) is 27.9 Å². The van der Waals surface area contributed by atoms with Crippen molar-refractivity contribution in [2.24, 2.45) is 0 Å². The van der Waals surface area contributed by atoms with E-state index in [-0.39, 0.29) is 18.3 Å². The van der Waals surface area contributed by atoms with Crippen LogP contribution in [-0.2, 0) is 14.8 Å². The SMILES string of the molecule is COCCS(=O)(=O)N1CCC(c2nc3cc(Cl)c(Cl)cc3[nH]2)CC1. The summed E-state index contributed by atoms with van der Waals surface area (Å²) in [5, 5.41) is 0.958. The third-order valence-electron chi connectivity index (χ3n) is 4.32. The van der Waals surface area contributed by atoms with E-state index in [2.05, 4.69) is 9.97 Å². The van der Waals surface area contributed by atoms with Gasteiger partial charge in [-0.1, -0.05) is 23.2 Å². The number of piperidine rings is 1. The lowest BCUT2D eigenvalue weighted by molar-refractivity contribution is 0.214. The zero-order valence-corrected chi connectivity index (χ0v) is 15.6. The molecule has 1 aliphatic rings. The number of H-pyrrole nitrogens is 1. The third kappa shape index (κ3) is 3.70. The number of nitrogens with one attached hydrogen (secondary N) is 1. The van der Waals surface area contributed by atoms with Crippen molar-refractivity contribution < 1.29 is 13.2 Å². The second kappa shape index (κ2) is 7.17. The number of benzene rings is 1. The van der Waals surface area contributed by atoms with E-state index in [9.17, 15) is 8.42 Å². The fraction of sp³-hybridized carbons (Fsp3) is 0.533. The number of fused-ring (bicyclic) bond motifs is 1. The number of imidazole rings is 1. The van der Waals surface area contributed by atoms with Gasteiger partial charge in [0.2, 0.25) is 10.0 Å². The minimum atomic E-state index is -3.24. The van der Waals surface area contributed by atoms with Crippen molar-refractivity contribution >= 4 is 44.3 Å². The van der Waals surface area contributed by atoms with Crippen molar-refractivity contribution in [3.8, 4) is 0 Å². The number of halogens is 2. The van der Waals surface area contributed by atoms with Crippen molar-refractivity contribution in [1.82, 2.24) is 14.3 Å². The first-order valence-electron chi connectivity index (χ1n) is 7.72. The average Bonchev–Trinajstić information content (AvgIpc) is 2.96. The number of ether oxygens (including phenoxy) is 1. The lowest BCUT2D eigenvalue weighted by Gasteiger charge is -2.30. The van der Waals surface area contributed by atoms with Gasteiger partial charge < -0.3 is 9.72 Å². The summed E-state index contributed by atoms with van der Waals surface area (Å²) in [4.78, 5) is 7.87. The molecule has 0 atom stereocenters. The van der Waals surface area contributed by atoms with Gasteiger partial charge in [-0.15, -0.1) is 0 Å². The monoisotopic (exact) mass is 391 g/mol. The summed E-state index contributed by atoms with van der Waals surface area (Å²) < 4.78 is 30.8. The van der Waals surface area contributed by atoms with Crippen molar-refractivity contribution in [2.45, 2.75) is 18.8 Å². The number of hydrogen-bond acceptors (Lipinski definition) is 4. The number of nitrogens with zero attached hydrogens (tertiary/aromatic N) is 2. The maximum atomic E-state index is 12.2. The minimum Gasteiger partial charge on any atom is -0.384 e. The van der Waals surface area contributed by atoms with Gasteiger partial charge in [-0.25, -0.2) is 17.7 Å². The molecule has 1 aromatic carbocycles. The van der Waals surface area contributed by atoms with E-state index >= 15 is 0 Å². The standard InChI is InChI=1S/C15H19Cl2N3O3S/c1-23-6-7-24(21,22)20-4-2-10(3-5-20)15-18-13-8-11(16)12(17)9-14(13)19-15/h8-10H,2-7H2,1H3,(H,18,19). The number of hydrogen-bond donors (Lipinski definition) is 1. The summed E-state index contributed by atoms with van der Waals surface area (Å²) in [6.07, 6.45) is 1.46. The van der Waals surface area contributed by atoms with Crippen molar-refractivity contribution in [2.75, 3.05) is 32.6 Å². The van der Waals surface area contributed by atoms with Crippen LogP contribution in [0.3, 0.4) is 0 Å². The highest BCUT2D eigenvalue weighted by atomic mass is 35.5. The number of aromatic amines is 1. The lowest BCUT2D eigenvalue weighted by atomic mass is 9.97. The lowest BCUT2D eigenvalue weighted by Crippen LogP contribution is -2.40. The molecular weight excluding hydrogens is 373 g/mol. The van der Waals surface area contributed by atoms with Gasteiger partial charge in [0.15, 0.2) is 0 Å². The largest absolute Gasteiger partial charge is 0.384 e. The van der Waals surface area contributed by atoms with E-state index in [0.29, 0.717) is 23.1 Å². The number of rotatable bonds is 5. The Morgan fingerprint density at radius 2 is 1.96 bits per heavy atom. The Bertz CT molecular complexity index is 791. The van der Waals surface area contributed by atoms with Gasteiger partial charge in [0.05, 0.1) is 33.4 Å². The van der Waals surface area contributed by atoms with Crippen LogP contribution < -0.4 is 0 Å². The average molecular weight is 392 g/mol. The second-order valence-corrected chi connectivity index (χ2v) is 8.79. The molecule has 0 unspecified atom stereocenters. The molecule has 24 heavy (non-hydrogen) atoms. The summed E-state index contributed by atoms with van der Waals surface area (Å²) in [7, 11) is -1.74. The summed E-state index contributed by atoms with van der Waals surface area (Å²) in [5.41, 5.74) is 1.61. The van der Waals surface area contributed by atoms with Crippen molar-refractivity contribution in [1.29, 1.82) is 0 Å². The predicted molar refractivity (Wildman–Crippen MR) is 95.3 cm³/mol. The van der Waals surface area contributed by atoms with Gasteiger partial charge in [-0.2, -0.15) is 0 Å². The van der Waals surface area contributed by atoms with Crippen LogP contribution in [0.4, 0.5) is 0 Å². The predicted octanol–water partition coefficient (Wildman–Crippen LogP) is 3.03. The van der Waals surface area contributed by atoms with Crippen LogP contribution in [0.15, 0.2) is 12.1 Å². The zero-order chi connectivity index (χ0) is 17.3. The second-order valence-electron chi connectivity index (χ2n) is 5.89. The summed E-state index contributed by atoms with van der Waals surface area (Å²) >= 11 is 12.1. The van der Waals surface area contributed by atoms with Crippen LogP contribution in [0, 0.1) is 0 Å². The quantitative estimate of drug-likeness (QED) is 0.849. The van der Waals surface area contributed by atoms with Gasteiger partial charge in [0, 0.05) is 26.1 Å². The van der Waals surface area contributed by atoms with E-state index in [1.54, 1.807) is 16.4 Å². The molecule has 9 heteroatoms. The van der Waals surface area contributed by atoms with E-state index in [1.165, 1.54) is 7.11 Å². The highest BCUT2D eigenvalue weighted by molar-refractivity contribution is 7.89. The van der Waals surface area contributed by atoms with Crippen LogP contribution in [0.1, 0.15) is 24.6 Å². The summed E-state index contributed by atoms with van der Waals surface area (Å²) in [6, 6.07) is 3.50. The van der Waals surface area contributed by atoms with Crippen LogP contribution in [0.25, 0.3) is 11.0 Å². The Labute approximate surface area is 151 Å². The highest BCUT2D eigenvalue weighted by Gasteiger charge is 2.29. The molecular formula is C15H19Cl2N3O3S. The van der Waals surface area contributed by atoms with E-state index < -0.39 is 10.0 Å². The molecule has 0 bridgehead atoms. The molecule has 0 radical (unpaired) electrons. The van der Waals surface area contributed by atoms with Gasteiger partial charge in [-0.05, 0) is 25.0 Å². The molecule has 1 fully saturated rings. The molecule has 132 valence electrons. The van der Waals surface area contributed by atoms with E-state index in [1.807, 2.05) is 0 Å². The minimum absolute atomic E-state index is 0.0236. The smallest absolute Gasteiger partial charge is 0.216 e. The number of sulfonamides is 1. The summed E-state index contributed by atoms with van der Waals surface area (Å²) in [5.74, 6) is 1.08. The summed E-state index contributed by atoms with van der Waals surface area (Å²) in [6.45, 7) is 1.21. The van der Waals surface area contributed by atoms with Crippen LogP contribution in [0.2, 0.25) is 10.0 Å². The molecule has 6 nitrogen and oxygen atoms in total. The first-order valence-corrected chi connectivity index (χ1v) is 10.1. The Kier molecular flexibility index (Phi) is 5.36. The topological polar surface area (TPSA) is 75.3 Å². The zero-order valence-electron chi connectivity index (χ0n) is 13.3. The third-order valence-corrected chi connectivity index (χ3v) is 6.88. The molecule has 3 rings (SSSR count). The molecule has 0 aliphatic carbocycles. The van der Waals surface area contributed by atoms with Gasteiger partial charge in [0.1, 0.15) is 5.82 Å². The fourth-order valence-corrected chi connectivity index (χ4v) is 4.67. The molecule has 1 N–H and O–H groups in total. The first-order chi connectivity index (χ1) is 11.4. The Morgan fingerprint density at radius 1 is 1.29 bits per heavy atom. The van der Waals surface area contributed by atoms with Crippen molar-refractivity contribution in [3.63, 3.8) is 0 Å².